The third-order valence-corrected chi connectivity index (χ3v) is 3.91. The number of hydrogen-bond donors (Lipinski definition) is 1. The van der Waals surface area contributed by atoms with Crippen LogP contribution in [0.25, 0.3) is 11.2 Å². The third kappa shape index (κ3) is 5.23. The first kappa shape index (κ1) is 18.8. The molecule has 0 radical (unpaired) electrons. The zero-order chi connectivity index (χ0) is 19.1. The fraction of sp³-hybridized carbons (Fsp3) is 0.286. The fourth-order valence-electron chi connectivity index (χ4n) is 2.47. The van der Waals surface area contributed by atoms with Crippen LogP contribution in [0.5, 0.6) is 5.88 Å². The molecule has 0 saturated carbocycles. The summed E-state index contributed by atoms with van der Waals surface area (Å²) in [6.07, 6.45) is 2.59. The van der Waals surface area contributed by atoms with E-state index < -0.39 is 0 Å². The summed E-state index contributed by atoms with van der Waals surface area (Å²) < 4.78 is 5.87. The largest absolute Gasteiger partial charge is 0.476 e. The van der Waals surface area contributed by atoms with Gasteiger partial charge in [-0.3, -0.25) is 0 Å². The Balaban J connectivity index is 1.87. The molecule has 3 aromatic rings. The average molecular weight is 361 g/mol. The smallest absolute Gasteiger partial charge is 0.249 e. The van der Waals surface area contributed by atoms with Gasteiger partial charge in [0.1, 0.15) is 5.52 Å². The van der Waals surface area contributed by atoms with Crippen LogP contribution in [-0.4, -0.2) is 47.1 Å². The molecule has 0 aliphatic heterocycles. The highest BCUT2D eigenvalue weighted by Gasteiger charge is 2.09. The topological polar surface area (TPSA) is 77.2 Å². The number of ether oxygens (including phenoxy) is 1. The Hall–Kier alpha value is -3.01. The summed E-state index contributed by atoms with van der Waals surface area (Å²) in [6.45, 7) is 2.01. The second kappa shape index (κ2) is 9.08. The van der Waals surface area contributed by atoms with Crippen molar-refractivity contribution in [2.24, 2.45) is 5.73 Å². The van der Waals surface area contributed by atoms with Crippen molar-refractivity contribution in [1.29, 1.82) is 0 Å². The van der Waals surface area contributed by atoms with E-state index in [2.05, 4.69) is 31.7 Å². The van der Waals surface area contributed by atoms with Crippen molar-refractivity contribution < 1.29 is 4.74 Å². The van der Waals surface area contributed by atoms with Crippen molar-refractivity contribution in [2.45, 2.75) is 13.0 Å². The minimum atomic E-state index is 0.445. The molecule has 3 rings (SSSR count). The molecule has 0 aliphatic rings. The van der Waals surface area contributed by atoms with E-state index in [0.717, 1.165) is 24.1 Å². The zero-order valence-corrected chi connectivity index (χ0v) is 15.6. The first-order valence-corrected chi connectivity index (χ1v) is 8.87. The third-order valence-electron chi connectivity index (χ3n) is 3.91. The fourth-order valence-corrected chi connectivity index (χ4v) is 2.47. The van der Waals surface area contributed by atoms with Crippen LogP contribution >= 0.6 is 0 Å². The molecule has 2 aromatic heterocycles. The molecule has 6 heteroatoms. The maximum Gasteiger partial charge on any atom is 0.249 e. The molecule has 0 amide bonds. The van der Waals surface area contributed by atoms with Gasteiger partial charge in [-0.2, -0.15) is 0 Å². The Bertz CT molecular complexity index is 958. The van der Waals surface area contributed by atoms with Crippen molar-refractivity contribution in [3.63, 3.8) is 0 Å². The molecule has 0 fully saturated rings. The first-order valence-electron chi connectivity index (χ1n) is 8.87. The van der Waals surface area contributed by atoms with Crippen LogP contribution in [-0.2, 0) is 6.54 Å². The first-order chi connectivity index (χ1) is 13.2. The van der Waals surface area contributed by atoms with E-state index in [-0.39, 0.29) is 0 Å². The van der Waals surface area contributed by atoms with Crippen LogP contribution in [0.4, 0.5) is 0 Å². The molecule has 0 saturated heterocycles. The van der Waals surface area contributed by atoms with Crippen LogP contribution in [0, 0.1) is 11.8 Å². The minimum absolute atomic E-state index is 0.445. The molecule has 6 nitrogen and oxygen atoms in total. The van der Waals surface area contributed by atoms with Crippen molar-refractivity contribution in [3.05, 3.63) is 59.4 Å². The number of hydrogen-bond acceptors (Lipinski definition) is 6. The zero-order valence-electron chi connectivity index (χ0n) is 15.6. The summed E-state index contributed by atoms with van der Waals surface area (Å²) in [5, 5.41) is 0. The maximum absolute atomic E-state index is 5.87. The predicted molar refractivity (Wildman–Crippen MR) is 106 cm³/mol. The number of benzene rings is 1. The van der Waals surface area contributed by atoms with Crippen molar-refractivity contribution in [1.82, 2.24) is 19.9 Å². The Morgan fingerprint density at radius 2 is 1.89 bits per heavy atom. The molecule has 0 atom stereocenters. The normalized spacial score (nSPS) is 10.7. The minimum Gasteiger partial charge on any atom is -0.476 e. The lowest BCUT2D eigenvalue weighted by atomic mass is 10.1. The van der Waals surface area contributed by atoms with E-state index >= 15 is 0 Å². The van der Waals surface area contributed by atoms with Gasteiger partial charge in [0, 0.05) is 24.8 Å². The van der Waals surface area contributed by atoms with Gasteiger partial charge in [0.2, 0.25) is 5.88 Å². The molecule has 0 bridgehead atoms. The highest BCUT2D eigenvalue weighted by atomic mass is 16.5. The van der Waals surface area contributed by atoms with Crippen LogP contribution in [0.3, 0.4) is 0 Å². The molecule has 2 N–H and O–H groups in total. The van der Waals surface area contributed by atoms with Crippen molar-refractivity contribution in [2.75, 3.05) is 27.2 Å². The van der Waals surface area contributed by atoms with Crippen LogP contribution in [0.15, 0.2) is 42.6 Å². The van der Waals surface area contributed by atoms with Gasteiger partial charge in [-0.15, -0.1) is 0 Å². The molecule has 0 aliphatic carbocycles. The van der Waals surface area contributed by atoms with Gasteiger partial charge in [-0.05, 0) is 56.3 Å². The molecule has 1 aromatic carbocycles. The van der Waals surface area contributed by atoms with Gasteiger partial charge in [-0.25, -0.2) is 15.0 Å². The van der Waals surface area contributed by atoms with Gasteiger partial charge in [-0.1, -0.05) is 18.1 Å². The quantitative estimate of drug-likeness (QED) is 0.536. The molecular weight excluding hydrogens is 338 g/mol. The summed E-state index contributed by atoms with van der Waals surface area (Å²) >= 11 is 0. The average Bonchev–Trinajstić information content (AvgIpc) is 2.69. The molecular formula is C21H23N5O. The summed E-state index contributed by atoms with van der Waals surface area (Å²) in [4.78, 5) is 15.5. The number of nitrogens with two attached hydrogens (primary N) is 1. The Morgan fingerprint density at radius 1 is 1.07 bits per heavy atom. The molecule has 0 spiro atoms. The van der Waals surface area contributed by atoms with E-state index in [1.807, 2.05) is 50.5 Å². The summed E-state index contributed by atoms with van der Waals surface area (Å²) in [5.41, 5.74) is 9.33. The van der Waals surface area contributed by atoms with E-state index in [4.69, 9.17) is 10.5 Å². The van der Waals surface area contributed by atoms with E-state index in [1.165, 1.54) is 0 Å². The Labute approximate surface area is 159 Å². The lowest BCUT2D eigenvalue weighted by molar-refractivity contribution is 0.272. The van der Waals surface area contributed by atoms with Crippen molar-refractivity contribution in [3.8, 4) is 17.7 Å². The Morgan fingerprint density at radius 3 is 2.63 bits per heavy atom. The van der Waals surface area contributed by atoms with Crippen LogP contribution in [0.2, 0.25) is 0 Å². The summed E-state index contributed by atoms with van der Waals surface area (Å²) in [7, 11) is 4.07. The van der Waals surface area contributed by atoms with E-state index in [1.54, 1.807) is 6.20 Å². The van der Waals surface area contributed by atoms with Gasteiger partial charge >= 0.3 is 0 Å². The monoisotopic (exact) mass is 361 g/mol. The molecule has 138 valence electrons. The summed E-state index contributed by atoms with van der Waals surface area (Å²) in [5.74, 6) is 6.64. The van der Waals surface area contributed by atoms with Gasteiger partial charge in [0.25, 0.3) is 0 Å². The van der Waals surface area contributed by atoms with E-state index in [9.17, 15) is 0 Å². The number of fused-ring (bicyclic) bond motifs is 1. The van der Waals surface area contributed by atoms with Gasteiger partial charge in [0.05, 0.1) is 6.61 Å². The highest BCUT2D eigenvalue weighted by molar-refractivity contribution is 5.71. The number of aromatic nitrogens is 3. The van der Waals surface area contributed by atoms with Crippen LogP contribution in [0.1, 0.15) is 23.2 Å². The second-order valence-electron chi connectivity index (χ2n) is 6.38. The lowest BCUT2D eigenvalue weighted by Crippen LogP contribution is -2.16. The van der Waals surface area contributed by atoms with Crippen molar-refractivity contribution >= 4 is 11.2 Å². The van der Waals surface area contributed by atoms with Crippen LogP contribution < -0.4 is 10.5 Å². The standard InChI is InChI=1S/C21H23N5O/c1-26(2)13-4-14-27-21-19(24-20-18(25-21)5-3-12-23-20)11-10-16-6-8-17(15-22)9-7-16/h3,5-9,12H,4,13-15,22H2,1-2H3. The lowest BCUT2D eigenvalue weighted by Gasteiger charge is -2.10. The van der Waals surface area contributed by atoms with E-state index in [0.29, 0.717) is 35.9 Å². The number of nitrogens with zero attached hydrogens (tertiary/aromatic N) is 4. The predicted octanol–water partition coefficient (Wildman–Crippen LogP) is 2.21. The molecule has 2 heterocycles. The SMILES string of the molecule is CN(C)CCCOc1nc2cccnc2nc1C#Cc1ccc(CN)cc1. The number of rotatable bonds is 6. The van der Waals surface area contributed by atoms with Gasteiger partial charge in [0.15, 0.2) is 11.3 Å². The maximum atomic E-state index is 5.87. The Kier molecular flexibility index (Phi) is 6.31. The highest BCUT2D eigenvalue weighted by Crippen LogP contribution is 2.17. The summed E-state index contributed by atoms with van der Waals surface area (Å²) in [6, 6.07) is 11.5. The molecule has 0 unspecified atom stereocenters. The second-order valence-corrected chi connectivity index (χ2v) is 6.38. The van der Waals surface area contributed by atoms with Gasteiger partial charge < -0.3 is 15.4 Å². The number of pyridine rings is 1. The molecule has 27 heavy (non-hydrogen) atoms.